The van der Waals surface area contributed by atoms with Crippen LogP contribution in [0.2, 0.25) is 0 Å². The highest BCUT2D eigenvalue weighted by Crippen LogP contribution is 2.27. The van der Waals surface area contributed by atoms with E-state index in [2.05, 4.69) is 19.9 Å². The number of aromatic nitrogens is 3. The molecule has 1 fully saturated rings. The molecular formula is C20H21FN4O. The van der Waals surface area contributed by atoms with Gasteiger partial charge in [0.15, 0.2) is 5.89 Å². The molecule has 26 heavy (non-hydrogen) atoms. The van der Waals surface area contributed by atoms with Gasteiger partial charge >= 0.3 is 0 Å². The molecule has 1 aromatic carbocycles. The van der Waals surface area contributed by atoms with Crippen LogP contribution in [0.5, 0.6) is 0 Å². The fourth-order valence-corrected chi connectivity index (χ4v) is 3.44. The summed E-state index contributed by atoms with van der Waals surface area (Å²) in [7, 11) is 0. The summed E-state index contributed by atoms with van der Waals surface area (Å²) in [6.07, 6.45) is 9.84. The van der Waals surface area contributed by atoms with Gasteiger partial charge in [0.2, 0.25) is 0 Å². The summed E-state index contributed by atoms with van der Waals surface area (Å²) >= 11 is 0. The second-order valence-electron chi connectivity index (χ2n) is 6.74. The average molecular weight is 352 g/mol. The zero-order valence-corrected chi connectivity index (χ0v) is 14.5. The number of hydrogen-bond donors (Lipinski definition) is 0. The number of benzene rings is 1. The van der Waals surface area contributed by atoms with Gasteiger partial charge in [0.05, 0.1) is 11.9 Å². The maximum atomic E-state index is 13.0. The van der Waals surface area contributed by atoms with Crippen LogP contribution < -0.4 is 0 Å². The van der Waals surface area contributed by atoms with E-state index in [1.807, 2.05) is 6.20 Å². The average Bonchev–Trinajstić information content (AvgIpc) is 3.13. The van der Waals surface area contributed by atoms with Gasteiger partial charge in [0.1, 0.15) is 11.6 Å². The van der Waals surface area contributed by atoms with Crippen molar-refractivity contribution in [1.82, 2.24) is 19.9 Å². The molecule has 1 aliphatic heterocycles. The van der Waals surface area contributed by atoms with E-state index < -0.39 is 0 Å². The molecule has 3 heterocycles. The van der Waals surface area contributed by atoms with Crippen molar-refractivity contribution in [3.63, 3.8) is 0 Å². The molecule has 134 valence electrons. The second kappa shape index (κ2) is 7.74. The standard InChI is InChI=1S/C20H21FN4O/c21-17-5-3-15(4-6-17)10-19-12-24-20(26-19)16-2-1-9-25(13-16)14-18-11-22-7-8-23-18/h3-8,11-12,16H,1-2,9-10,13-14H2/t16-/m0/s1. The van der Waals surface area contributed by atoms with Crippen LogP contribution in [0.15, 0.2) is 53.5 Å². The lowest BCUT2D eigenvalue weighted by Gasteiger charge is -2.30. The van der Waals surface area contributed by atoms with Crippen molar-refractivity contribution in [2.24, 2.45) is 0 Å². The number of hydrogen-bond acceptors (Lipinski definition) is 5. The minimum atomic E-state index is -0.225. The fourth-order valence-electron chi connectivity index (χ4n) is 3.44. The maximum absolute atomic E-state index is 13.0. The van der Waals surface area contributed by atoms with Gasteiger partial charge < -0.3 is 4.42 Å². The summed E-state index contributed by atoms with van der Waals surface area (Å²) < 4.78 is 19.0. The molecule has 6 heteroatoms. The highest BCUT2D eigenvalue weighted by atomic mass is 19.1. The summed E-state index contributed by atoms with van der Waals surface area (Å²) in [5.41, 5.74) is 2.00. The van der Waals surface area contributed by atoms with E-state index in [4.69, 9.17) is 4.42 Å². The van der Waals surface area contributed by atoms with Crippen molar-refractivity contribution in [2.75, 3.05) is 13.1 Å². The predicted molar refractivity (Wildman–Crippen MR) is 95.0 cm³/mol. The van der Waals surface area contributed by atoms with Crippen LogP contribution in [-0.4, -0.2) is 32.9 Å². The third kappa shape index (κ3) is 4.14. The van der Waals surface area contributed by atoms with Crippen molar-refractivity contribution in [3.05, 3.63) is 77.8 Å². The fraction of sp³-hybridized carbons (Fsp3) is 0.350. The minimum absolute atomic E-state index is 0.225. The van der Waals surface area contributed by atoms with Crippen LogP contribution in [0, 0.1) is 5.82 Å². The molecule has 0 bridgehead atoms. The van der Waals surface area contributed by atoms with Crippen LogP contribution in [0.1, 0.15) is 41.7 Å². The van der Waals surface area contributed by atoms with Crippen molar-refractivity contribution in [3.8, 4) is 0 Å². The first-order valence-electron chi connectivity index (χ1n) is 8.92. The number of oxazole rings is 1. The molecule has 0 amide bonds. The summed E-state index contributed by atoms with van der Waals surface area (Å²) in [5, 5.41) is 0. The molecule has 0 saturated carbocycles. The van der Waals surface area contributed by atoms with Crippen molar-refractivity contribution < 1.29 is 8.81 Å². The van der Waals surface area contributed by atoms with Gasteiger partial charge in [0.25, 0.3) is 0 Å². The quantitative estimate of drug-likeness (QED) is 0.703. The topological polar surface area (TPSA) is 55.1 Å². The number of likely N-dealkylation sites (tertiary alicyclic amines) is 1. The maximum Gasteiger partial charge on any atom is 0.198 e. The second-order valence-corrected chi connectivity index (χ2v) is 6.74. The summed E-state index contributed by atoms with van der Waals surface area (Å²) in [6, 6.07) is 6.50. The van der Waals surface area contributed by atoms with Crippen molar-refractivity contribution >= 4 is 0 Å². The van der Waals surface area contributed by atoms with Crippen LogP contribution in [0.4, 0.5) is 4.39 Å². The van der Waals surface area contributed by atoms with E-state index in [-0.39, 0.29) is 5.82 Å². The number of nitrogens with zero attached hydrogens (tertiary/aromatic N) is 4. The molecule has 0 N–H and O–H groups in total. The first kappa shape index (κ1) is 16.8. The third-order valence-corrected chi connectivity index (χ3v) is 4.72. The largest absolute Gasteiger partial charge is 0.445 e. The van der Waals surface area contributed by atoms with E-state index in [0.717, 1.165) is 55.4 Å². The molecule has 3 aromatic rings. The molecule has 1 atom stereocenters. The Hall–Kier alpha value is -2.60. The van der Waals surface area contributed by atoms with E-state index in [9.17, 15) is 4.39 Å². The Balaban J connectivity index is 1.39. The molecule has 4 rings (SSSR count). The van der Waals surface area contributed by atoms with Crippen molar-refractivity contribution in [2.45, 2.75) is 31.7 Å². The molecular weight excluding hydrogens is 331 g/mol. The normalized spacial score (nSPS) is 18.1. The summed E-state index contributed by atoms with van der Waals surface area (Å²) in [5.74, 6) is 1.68. The third-order valence-electron chi connectivity index (χ3n) is 4.72. The van der Waals surface area contributed by atoms with Crippen LogP contribution in [0.3, 0.4) is 0 Å². The lowest BCUT2D eigenvalue weighted by molar-refractivity contribution is 0.183. The molecule has 5 nitrogen and oxygen atoms in total. The summed E-state index contributed by atoms with van der Waals surface area (Å²) in [4.78, 5) is 15.4. The Bertz CT molecular complexity index is 835. The van der Waals surface area contributed by atoms with E-state index in [1.54, 1.807) is 30.7 Å². The molecule has 0 spiro atoms. The SMILES string of the molecule is Fc1ccc(Cc2cnc([C@H]3CCCN(Cc4cnccn4)C3)o2)cc1. The number of halogens is 1. The lowest BCUT2D eigenvalue weighted by atomic mass is 9.98. The Morgan fingerprint density at radius 1 is 1.12 bits per heavy atom. The molecule has 2 aromatic heterocycles. The van der Waals surface area contributed by atoms with Gasteiger partial charge in [-0.05, 0) is 37.1 Å². The van der Waals surface area contributed by atoms with Crippen LogP contribution in [0.25, 0.3) is 0 Å². The van der Waals surface area contributed by atoms with Gasteiger partial charge in [0, 0.05) is 44.0 Å². The van der Waals surface area contributed by atoms with Crippen LogP contribution in [-0.2, 0) is 13.0 Å². The molecule has 1 aliphatic rings. The zero-order valence-electron chi connectivity index (χ0n) is 14.5. The number of piperidine rings is 1. The predicted octanol–water partition coefficient (Wildman–Crippen LogP) is 3.57. The first-order valence-corrected chi connectivity index (χ1v) is 8.92. The Morgan fingerprint density at radius 2 is 2.00 bits per heavy atom. The minimum Gasteiger partial charge on any atom is -0.445 e. The van der Waals surface area contributed by atoms with E-state index >= 15 is 0 Å². The Morgan fingerprint density at radius 3 is 2.81 bits per heavy atom. The monoisotopic (exact) mass is 352 g/mol. The molecule has 0 unspecified atom stereocenters. The lowest BCUT2D eigenvalue weighted by Crippen LogP contribution is -2.34. The highest BCUT2D eigenvalue weighted by Gasteiger charge is 2.25. The Kier molecular flexibility index (Phi) is 5.02. The highest BCUT2D eigenvalue weighted by molar-refractivity contribution is 5.20. The van der Waals surface area contributed by atoms with Gasteiger partial charge in [-0.3, -0.25) is 14.9 Å². The smallest absolute Gasteiger partial charge is 0.198 e. The van der Waals surface area contributed by atoms with Crippen molar-refractivity contribution in [1.29, 1.82) is 0 Å². The zero-order chi connectivity index (χ0) is 17.8. The van der Waals surface area contributed by atoms with Gasteiger partial charge in [-0.25, -0.2) is 9.37 Å². The van der Waals surface area contributed by atoms with Gasteiger partial charge in [-0.1, -0.05) is 12.1 Å². The first-order chi connectivity index (χ1) is 12.8. The number of rotatable bonds is 5. The molecule has 0 radical (unpaired) electrons. The van der Waals surface area contributed by atoms with E-state index in [1.165, 1.54) is 12.1 Å². The molecule has 1 saturated heterocycles. The van der Waals surface area contributed by atoms with Gasteiger partial charge in [-0.15, -0.1) is 0 Å². The van der Waals surface area contributed by atoms with E-state index in [0.29, 0.717) is 12.3 Å². The van der Waals surface area contributed by atoms with Crippen LogP contribution >= 0.6 is 0 Å². The summed E-state index contributed by atoms with van der Waals surface area (Å²) in [6.45, 7) is 2.76. The van der Waals surface area contributed by atoms with Gasteiger partial charge in [-0.2, -0.15) is 0 Å². The molecule has 0 aliphatic carbocycles. The Labute approximate surface area is 151 Å².